The maximum atomic E-state index is 14.1. The zero-order valence-corrected chi connectivity index (χ0v) is 23.5. The number of amides is 2. The van der Waals surface area contributed by atoms with E-state index in [1.807, 2.05) is 35.8 Å². The van der Waals surface area contributed by atoms with Crippen molar-refractivity contribution in [3.8, 4) is 11.3 Å². The lowest BCUT2D eigenvalue weighted by molar-refractivity contribution is -0.138. The Kier molecular flexibility index (Phi) is 5.50. The number of carbonyl (C=O) groups excluding carboxylic acids is 2. The molecule has 2 aliphatic rings. The van der Waals surface area contributed by atoms with Gasteiger partial charge in [0.2, 0.25) is 11.8 Å². The summed E-state index contributed by atoms with van der Waals surface area (Å²) in [5, 5.41) is 4.43. The fourth-order valence-electron chi connectivity index (χ4n) is 6.29. The van der Waals surface area contributed by atoms with Gasteiger partial charge in [0.25, 0.3) is 0 Å². The van der Waals surface area contributed by atoms with Crippen LogP contribution >= 0.6 is 15.9 Å². The highest BCUT2D eigenvalue weighted by atomic mass is 79.9. The number of nitrogens with one attached hydrogen (secondary N) is 1. The summed E-state index contributed by atoms with van der Waals surface area (Å²) in [6.45, 7) is 4.15. The Morgan fingerprint density at radius 2 is 2.05 bits per heavy atom. The largest absolute Gasteiger partial charge is 0.464 e. The number of benzene rings is 1. The maximum Gasteiger partial charge on any atom is 0.248 e. The summed E-state index contributed by atoms with van der Waals surface area (Å²) < 4.78 is 8.16. The van der Waals surface area contributed by atoms with E-state index in [1.165, 1.54) is 6.33 Å². The summed E-state index contributed by atoms with van der Waals surface area (Å²) in [6, 6.07) is 12.5. The summed E-state index contributed by atoms with van der Waals surface area (Å²) in [7, 11) is 0. The molecule has 202 valence electrons. The number of rotatable bonds is 5. The van der Waals surface area contributed by atoms with Crippen LogP contribution in [0.1, 0.15) is 25.3 Å². The first-order valence-corrected chi connectivity index (χ1v) is 13.8. The molecule has 0 spiro atoms. The van der Waals surface area contributed by atoms with Gasteiger partial charge in [-0.1, -0.05) is 13.0 Å². The lowest BCUT2D eigenvalue weighted by Crippen LogP contribution is -2.46. The Bertz CT molecular complexity index is 1830. The van der Waals surface area contributed by atoms with Crippen molar-refractivity contribution in [1.29, 1.82) is 0 Å². The number of hydrogen-bond acceptors (Lipinski definition) is 7. The van der Waals surface area contributed by atoms with Gasteiger partial charge in [0, 0.05) is 17.0 Å². The summed E-state index contributed by atoms with van der Waals surface area (Å²) in [5.41, 5.74) is 9.56. The zero-order valence-electron chi connectivity index (χ0n) is 21.9. The first kappa shape index (κ1) is 24.8. The van der Waals surface area contributed by atoms with E-state index in [0.29, 0.717) is 33.7 Å². The van der Waals surface area contributed by atoms with E-state index in [9.17, 15) is 9.59 Å². The Balaban J connectivity index is 1.27. The van der Waals surface area contributed by atoms with E-state index in [-0.39, 0.29) is 29.8 Å². The van der Waals surface area contributed by atoms with Crippen molar-refractivity contribution < 1.29 is 14.0 Å². The molecule has 0 radical (unpaired) electrons. The molecule has 11 heteroatoms. The molecule has 10 nitrogen and oxygen atoms in total. The van der Waals surface area contributed by atoms with Gasteiger partial charge in [-0.05, 0) is 83.1 Å². The summed E-state index contributed by atoms with van der Waals surface area (Å²) >= 11 is 3.34. The molecule has 40 heavy (non-hydrogen) atoms. The monoisotopic (exact) mass is 599 g/mol. The van der Waals surface area contributed by atoms with Gasteiger partial charge in [0.15, 0.2) is 0 Å². The van der Waals surface area contributed by atoms with E-state index >= 15 is 0 Å². The smallest absolute Gasteiger partial charge is 0.248 e. The number of aryl methyl sites for hydroxylation is 1. The predicted octanol–water partition coefficient (Wildman–Crippen LogP) is 4.91. The molecule has 2 fully saturated rings. The van der Waals surface area contributed by atoms with Crippen LogP contribution in [0, 0.1) is 12.3 Å². The van der Waals surface area contributed by atoms with Gasteiger partial charge in [-0.25, -0.2) is 15.0 Å². The van der Waals surface area contributed by atoms with Crippen molar-refractivity contribution >= 4 is 61.3 Å². The lowest BCUT2D eigenvalue weighted by atomic mass is 10.0. The van der Waals surface area contributed by atoms with E-state index in [4.69, 9.17) is 10.2 Å². The molecule has 0 bridgehead atoms. The van der Waals surface area contributed by atoms with Gasteiger partial charge in [0.05, 0.1) is 17.2 Å². The second kappa shape index (κ2) is 8.88. The second-order valence-corrected chi connectivity index (χ2v) is 11.8. The quantitative estimate of drug-likeness (QED) is 0.274. The standard InChI is InChI=1S/C29H26BrN7O3/c1-15-9-16(19-5-4-8-40-19)10-17-24-26(31)32-14-33-27(24)36(25(15)17)13-23(38)37-18(11-29(2)12-20(29)37)28(39)35-22-7-3-6-21(30)34-22/h3-10,14,18,20H,11-13H2,1-2H3,(H2,31,32,33)(H,34,35,39)/t18-,20+,29-/m0/s1. The molecule has 4 aromatic heterocycles. The van der Waals surface area contributed by atoms with Crippen LogP contribution < -0.4 is 11.1 Å². The second-order valence-electron chi connectivity index (χ2n) is 10.9. The van der Waals surface area contributed by atoms with E-state index in [1.54, 1.807) is 29.4 Å². The number of likely N-dealkylation sites (tertiary alicyclic amines) is 1. The SMILES string of the molecule is Cc1cc(-c2ccco2)cc2c3c(N)ncnc3n(CC(=O)N3[C@H](C(=O)Nc4cccc(Br)n4)C[C@@]4(C)C[C@@H]34)c12. The summed E-state index contributed by atoms with van der Waals surface area (Å²) in [6.07, 6.45) is 4.53. The number of nitrogen functional groups attached to an aromatic ring is 1. The zero-order chi connectivity index (χ0) is 27.8. The third kappa shape index (κ3) is 3.87. The molecule has 1 saturated heterocycles. The van der Waals surface area contributed by atoms with Crippen LogP contribution in [0.5, 0.6) is 0 Å². The van der Waals surface area contributed by atoms with Gasteiger partial charge in [-0.3, -0.25) is 9.59 Å². The van der Waals surface area contributed by atoms with E-state index in [2.05, 4.69) is 43.1 Å². The molecule has 1 aliphatic heterocycles. The average Bonchev–Trinajstić information content (AvgIpc) is 3.29. The third-order valence-corrected chi connectivity index (χ3v) is 8.68. The van der Waals surface area contributed by atoms with Crippen LogP contribution in [0.15, 0.2) is 64.1 Å². The number of anilines is 2. The number of carbonyl (C=O) groups is 2. The fraction of sp³-hybridized carbons (Fsp3) is 0.276. The Morgan fingerprint density at radius 3 is 2.83 bits per heavy atom. The van der Waals surface area contributed by atoms with Gasteiger partial charge >= 0.3 is 0 Å². The van der Waals surface area contributed by atoms with Crippen LogP contribution in [0.4, 0.5) is 11.6 Å². The maximum absolute atomic E-state index is 14.1. The predicted molar refractivity (Wildman–Crippen MR) is 154 cm³/mol. The first-order chi connectivity index (χ1) is 19.2. The number of piperidine rings is 1. The Morgan fingerprint density at radius 1 is 1.20 bits per heavy atom. The molecular formula is C29H26BrN7O3. The molecule has 3 atom stereocenters. The normalized spacial score (nSPS) is 21.6. The number of furan rings is 1. The highest BCUT2D eigenvalue weighted by Gasteiger charge is 2.64. The molecular weight excluding hydrogens is 574 g/mol. The third-order valence-electron chi connectivity index (χ3n) is 8.24. The van der Waals surface area contributed by atoms with Crippen LogP contribution in [-0.2, 0) is 16.1 Å². The molecule has 1 aromatic carbocycles. The van der Waals surface area contributed by atoms with Gasteiger partial charge in [0.1, 0.15) is 46.6 Å². The molecule has 7 rings (SSSR count). The van der Waals surface area contributed by atoms with Crippen molar-refractivity contribution in [1.82, 2.24) is 24.4 Å². The summed E-state index contributed by atoms with van der Waals surface area (Å²) in [5.74, 6) is 1.14. The summed E-state index contributed by atoms with van der Waals surface area (Å²) in [4.78, 5) is 42.3. The highest BCUT2D eigenvalue weighted by Crippen LogP contribution is 2.59. The van der Waals surface area contributed by atoms with Gasteiger partial charge in [-0.2, -0.15) is 0 Å². The van der Waals surface area contributed by atoms with Crippen LogP contribution in [-0.4, -0.2) is 48.3 Å². The van der Waals surface area contributed by atoms with Crippen molar-refractivity contribution in [2.75, 3.05) is 11.1 Å². The highest BCUT2D eigenvalue weighted by molar-refractivity contribution is 9.10. The minimum Gasteiger partial charge on any atom is -0.464 e. The van der Waals surface area contributed by atoms with Crippen molar-refractivity contribution in [3.63, 3.8) is 0 Å². The minimum atomic E-state index is -0.587. The number of halogens is 1. The molecule has 0 unspecified atom stereocenters. The number of aromatic nitrogens is 4. The van der Waals surface area contributed by atoms with E-state index < -0.39 is 6.04 Å². The lowest BCUT2D eigenvalue weighted by Gasteiger charge is -2.27. The van der Waals surface area contributed by atoms with Crippen molar-refractivity contribution in [2.24, 2.45) is 5.41 Å². The van der Waals surface area contributed by atoms with Gasteiger partial charge < -0.3 is 24.9 Å². The Labute approximate surface area is 237 Å². The number of pyridine rings is 1. The van der Waals surface area contributed by atoms with E-state index in [0.717, 1.165) is 34.2 Å². The molecule has 3 N–H and O–H groups in total. The molecule has 1 aliphatic carbocycles. The van der Waals surface area contributed by atoms with Gasteiger partial charge in [-0.15, -0.1) is 0 Å². The first-order valence-electron chi connectivity index (χ1n) is 13.0. The topological polar surface area (TPSA) is 132 Å². The number of hydrogen-bond donors (Lipinski definition) is 2. The number of nitrogens with two attached hydrogens (primary N) is 1. The van der Waals surface area contributed by atoms with Crippen molar-refractivity contribution in [3.05, 3.63) is 65.2 Å². The van der Waals surface area contributed by atoms with Crippen LogP contribution in [0.2, 0.25) is 0 Å². The average molecular weight is 600 g/mol. The molecule has 1 saturated carbocycles. The van der Waals surface area contributed by atoms with Crippen LogP contribution in [0.25, 0.3) is 33.3 Å². The number of nitrogens with zero attached hydrogens (tertiary/aromatic N) is 5. The Hall–Kier alpha value is -4.25. The molecule has 5 heterocycles. The fourth-order valence-corrected chi connectivity index (χ4v) is 6.63. The molecule has 5 aromatic rings. The number of fused-ring (bicyclic) bond motifs is 4. The minimum absolute atomic E-state index is 0.0168. The van der Waals surface area contributed by atoms with Crippen LogP contribution in [0.3, 0.4) is 0 Å². The molecule has 2 amide bonds. The van der Waals surface area contributed by atoms with Crippen molar-refractivity contribution in [2.45, 2.75) is 45.3 Å².